The quantitative estimate of drug-likeness (QED) is 0.743. The lowest BCUT2D eigenvalue weighted by molar-refractivity contribution is -0.120. The molecule has 0 heterocycles. The predicted octanol–water partition coefficient (Wildman–Crippen LogP) is 0.627. The summed E-state index contributed by atoms with van der Waals surface area (Å²) >= 11 is 0. The van der Waals surface area contributed by atoms with Crippen molar-refractivity contribution in [2.24, 2.45) is 0 Å². The van der Waals surface area contributed by atoms with Gasteiger partial charge >= 0.3 is 0 Å². The van der Waals surface area contributed by atoms with E-state index in [0.717, 1.165) is 0 Å². The Morgan fingerprint density at radius 1 is 1.32 bits per heavy atom. The Bertz CT molecular complexity index is 463. The van der Waals surface area contributed by atoms with Gasteiger partial charge in [0.2, 0.25) is 5.91 Å². The SMILES string of the molecule is COCCNC(=O)CNC(=O)c1cccc(C)c1F. The Labute approximate surface area is 111 Å². The first-order valence-corrected chi connectivity index (χ1v) is 5.85. The molecule has 104 valence electrons. The van der Waals surface area contributed by atoms with Crippen LogP contribution < -0.4 is 10.6 Å². The minimum absolute atomic E-state index is 0.0651. The molecule has 0 spiro atoms. The van der Waals surface area contributed by atoms with Crippen LogP contribution in [-0.4, -0.2) is 38.6 Å². The summed E-state index contributed by atoms with van der Waals surface area (Å²) in [6, 6.07) is 4.54. The molecule has 0 aromatic heterocycles. The van der Waals surface area contributed by atoms with E-state index >= 15 is 0 Å². The Balaban J connectivity index is 2.47. The number of rotatable bonds is 6. The lowest BCUT2D eigenvalue weighted by Crippen LogP contribution is -2.38. The smallest absolute Gasteiger partial charge is 0.254 e. The number of carbonyl (C=O) groups is 2. The zero-order chi connectivity index (χ0) is 14.3. The van der Waals surface area contributed by atoms with Gasteiger partial charge < -0.3 is 15.4 Å². The molecule has 1 aromatic rings. The van der Waals surface area contributed by atoms with Crippen molar-refractivity contribution >= 4 is 11.8 Å². The molecule has 0 radical (unpaired) electrons. The number of nitrogens with one attached hydrogen (secondary N) is 2. The lowest BCUT2D eigenvalue weighted by Gasteiger charge is -2.08. The minimum atomic E-state index is -0.608. The highest BCUT2D eigenvalue weighted by Crippen LogP contribution is 2.11. The van der Waals surface area contributed by atoms with Crippen LogP contribution in [0.1, 0.15) is 15.9 Å². The highest BCUT2D eigenvalue weighted by Gasteiger charge is 2.13. The third kappa shape index (κ3) is 4.67. The van der Waals surface area contributed by atoms with Gasteiger partial charge in [0.25, 0.3) is 5.91 Å². The minimum Gasteiger partial charge on any atom is -0.383 e. The van der Waals surface area contributed by atoms with Crippen molar-refractivity contribution in [3.8, 4) is 0 Å². The topological polar surface area (TPSA) is 67.4 Å². The molecule has 0 fully saturated rings. The van der Waals surface area contributed by atoms with Gasteiger partial charge in [-0.1, -0.05) is 12.1 Å². The van der Waals surface area contributed by atoms with Gasteiger partial charge in [0, 0.05) is 13.7 Å². The summed E-state index contributed by atoms with van der Waals surface area (Å²) in [7, 11) is 1.52. The molecule has 0 unspecified atom stereocenters. The summed E-state index contributed by atoms with van der Waals surface area (Å²) in [6.07, 6.45) is 0. The average molecular weight is 268 g/mol. The Morgan fingerprint density at radius 2 is 2.05 bits per heavy atom. The third-order valence-corrected chi connectivity index (χ3v) is 2.47. The van der Waals surface area contributed by atoms with Crippen LogP contribution in [0.5, 0.6) is 0 Å². The zero-order valence-electron chi connectivity index (χ0n) is 11.0. The van der Waals surface area contributed by atoms with Gasteiger partial charge in [-0.05, 0) is 18.6 Å². The van der Waals surface area contributed by atoms with Crippen LogP contribution in [0.3, 0.4) is 0 Å². The predicted molar refractivity (Wildman–Crippen MR) is 68.4 cm³/mol. The summed E-state index contributed by atoms with van der Waals surface area (Å²) < 4.78 is 18.4. The maximum Gasteiger partial charge on any atom is 0.254 e. The molecular formula is C13H17FN2O3. The molecular weight excluding hydrogens is 251 g/mol. The number of benzene rings is 1. The van der Waals surface area contributed by atoms with Crippen LogP contribution in [0.2, 0.25) is 0 Å². The Kier molecular flexibility index (Phi) is 5.95. The van der Waals surface area contributed by atoms with Crippen molar-refractivity contribution in [3.05, 3.63) is 35.1 Å². The molecule has 0 saturated carbocycles. The fourth-order valence-corrected chi connectivity index (χ4v) is 1.43. The molecule has 0 aliphatic rings. The Hall–Kier alpha value is -1.95. The highest BCUT2D eigenvalue weighted by atomic mass is 19.1. The van der Waals surface area contributed by atoms with Gasteiger partial charge in [-0.25, -0.2) is 4.39 Å². The number of methoxy groups -OCH3 is 1. The summed E-state index contributed by atoms with van der Waals surface area (Å²) in [6.45, 7) is 2.13. The molecule has 2 amide bonds. The highest BCUT2D eigenvalue weighted by molar-refractivity contribution is 5.96. The van der Waals surface area contributed by atoms with Gasteiger partial charge in [-0.2, -0.15) is 0 Å². The van der Waals surface area contributed by atoms with E-state index in [1.54, 1.807) is 19.1 Å². The van der Waals surface area contributed by atoms with E-state index in [1.807, 2.05) is 0 Å². The van der Waals surface area contributed by atoms with Crippen LogP contribution in [0.4, 0.5) is 4.39 Å². The van der Waals surface area contributed by atoms with Crippen LogP contribution in [0, 0.1) is 12.7 Å². The maximum atomic E-state index is 13.6. The number of ether oxygens (including phenoxy) is 1. The monoisotopic (exact) mass is 268 g/mol. The van der Waals surface area contributed by atoms with Crippen LogP contribution in [-0.2, 0) is 9.53 Å². The van der Waals surface area contributed by atoms with Crippen molar-refractivity contribution in [2.45, 2.75) is 6.92 Å². The number of hydrogen-bond acceptors (Lipinski definition) is 3. The summed E-state index contributed by atoms with van der Waals surface area (Å²) in [4.78, 5) is 23.0. The normalized spacial score (nSPS) is 10.1. The molecule has 1 rings (SSSR count). The molecule has 19 heavy (non-hydrogen) atoms. The van der Waals surface area contributed by atoms with Crippen molar-refractivity contribution < 1.29 is 18.7 Å². The third-order valence-electron chi connectivity index (χ3n) is 2.47. The lowest BCUT2D eigenvalue weighted by atomic mass is 10.1. The maximum absolute atomic E-state index is 13.6. The number of halogens is 1. The molecule has 0 aliphatic carbocycles. The molecule has 2 N–H and O–H groups in total. The van der Waals surface area contributed by atoms with Crippen LogP contribution >= 0.6 is 0 Å². The van der Waals surface area contributed by atoms with E-state index in [2.05, 4.69) is 10.6 Å². The summed E-state index contributed by atoms with van der Waals surface area (Å²) in [5.41, 5.74) is 0.321. The summed E-state index contributed by atoms with van der Waals surface area (Å²) in [5.74, 6) is -1.53. The first-order chi connectivity index (χ1) is 9.06. The molecule has 0 saturated heterocycles. The largest absolute Gasteiger partial charge is 0.383 e. The number of aryl methyl sites for hydroxylation is 1. The van der Waals surface area contributed by atoms with Crippen molar-refractivity contribution in [1.82, 2.24) is 10.6 Å². The van der Waals surface area contributed by atoms with E-state index in [-0.39, 0.29) is 18.0 Å². The van der Waals surface area contributed by atoms with Crippen LogP contribution in [0.25, 0.3) is 0 Å². The van der Waals surface area contributed by atoms with E-state index in [1.165, 1.54) is 13.2 Å². The fourth-order valence-electron chi connectivity index (χ4n) is 1.43. The van der Waals surface area contributed by atoms with Gasteiger partial charge in [0.15, 0.2) is 0 Å². The fraction of sp³-hybridized carbons (Fsp3) is 0.385. The van der Waals surface area contributed by atoms with E-state index in [0.29, 0.717) is 18.7 Å². The van der Waals surface area contributed by atoms with E-state index < -0.39 is 11.7 Å². The van der Waals surface area contributed by atoms with Gasteiger partial charge in [0.1, 0.15) is 5.82 Å². The first-order valence-electron chi connectivity index (χ1n) is 5.85. The van der Waals surface area contributed by atoms with E-state index in [9.17, 15) is 14.0 Å². The van der Waals surface area contributed by atoms with Crippen LogP contribution in [0.15, 0.2) is 18.2 Å². The molecule has 0 aliphatic heterocycles. The van der Waals surface area contributed by atoms with Crippen molar-refractivity contribution in [2.75, 3.05) is 26.8 Å². The zero-order valence-corrected chi connectivity index (χ0v) is 11.0. The second kappa shape index (κ2) is 7.48. The molecule has 6 heteroatoms. The molecule has 0 bridgehead atoms. The second-order valence-electron chi connectivity index (χ2n) is 3.96. The number of amides is 2. The first kappa shape index (κ1) is 15.1. The average Bonchev–Trinajstić information content (AvgIpc) is 2.39. The summed E-state index contributed by atoms with van der Waals surface area (Å²) in [5, 5.41) is 4.91. The number of carbonyl (C=O) groups excluding carboxylic acids is 2. The van der Waals surface area contributed by atoms with Crippen molar-refractivity contribution in [3.63, 3.8) is 0 Å². The Morgan fingerprint density at radius 3 is 2.74 bits per heavy atom. The standard InChI is InChI=1S/C13H17FN2O3/c1-9-4-3-5-10(12(9)14)13(18)16-8-11(17)15-6-7-19-2/h3-5H,6-8H2,1-2H3,(H,15,17)(H,16,18). The van der Waals surface area contributed by atoms with Crippen molar-refractivity contribution in [1.29, 1.82) is 0 Å². The van der Waals surface area contributed by atoms with Gasteiger partial charge in [-0.3, -0.25) is 9.59 Å². The molecule has 5 nitrogen and oxygen atoms in total. The second-order valence-corrected chi connectivity index (χ2v) is 3.96. The van der Waals surface area contributed by atoms with Gasteiger partial charge in [-0.15, -0.1) is 0 Å². The van der Waals surface area contributed by atoms with Gasteiger partial charge in [0.05, 0.1) is 18.7 Å². The number of hydrogen-bond donors (Lipinski definition) is 2. The van der Waals surface area contributed by atoms with E-state index in [4.69, 9.17) is 4.74 Å². The molecule has 0 atom stereocenters. The molecule has 1 aromatic carbocycles.